The van der Waals surface area contributed by atoms with Crippen LogP contribution in [0, 0.1) is 6.92 Å². The second-order valence-corrected chi connectivity index (χ2v) is 4.96. The fourth-order valence-corrected chi connectivity index (χ4v) is 2.55. The van der Waals surface area contributed by atoms with Gasteiger partial charge in [-0.05, 0) is 25.9 Å². The Kier molecular flexibility index (Phi) is 5.34. The molecule has 0 radical (unpaired) electrons. The summed E-state index contributed by atoms with van der Waals surface area (Å²) in [4.78, 5) is 10.9. The normalized spacial score (nSPS) is 20.4. The van der Waals surface area contributed by atoms with E-state index in [9.17, 15) is 0 Å². The number of likely N-dealkylation sites (N-methyl/N-ethyl adjacent to an activating group) is 1. The summed E-state index contributed by atoms with van der Waals surface area (Å²) >= 11 is 0. The van der Waals surface area contributed by atoms with Gasteiger partial charge >= 0.3 is 0 Å². The van der Waals surface area contributed by atoms with Crippen molar-refractivity contribution < 1.29 is 4.52 Å². The van der Waals surface area contributed by atoms with Crippen molar-refractivity contribution in [1.29, 1.82) is 0 Å². The monoisotopic (exact) mass is 280 g/mol. The van der Waals surface area contributed by atoms with Crippen molar-refractivity contribution in [2.75, 3.05) is 26.7 Å². The Bertz CT molecular complexity index is 444. The van der Waals surface area contributed by atoms with Gasteiger partial charge in [0.1, 0.15) is 0 Å². The smallest absolute Gasteiger partial charge is 0.223 e. The van der Waals surface area contributed by atoms with Crippen LogP contribution in [0.1, 0.15) is 31.5 Å². The Hall–Kier alpha value is -1.63. The summed E-state index contributed by atoms with van der Waals surface area (Å²) in [6.07, 6.45) is 2.54. The van der Waals surface area contributed by atoms with E-state index < -0.39 is 0 Å². The first-order valence-electron chi connectivity index (χ1n) is 7.20. The summed E-state index contributed by atoms with van der Waals surface area (Å²) in [5.41, 5.74) is 0. The molecular formula is C13H24N6O. The topological polar surface area (TPSA) is 78.6 Å². The number of rotatable bonds is 5. The van der Waals surface area contributed by atoms with E-state index in [1.165, 1.54) is 19.4 Å². The van der Waals surface area contributed by atoms with Crippen LogP contribution in [0.3, 0.4) is 0 Å². The minimum atomic E-state index is 0.513. The van der Waals surface area contributed by atoms with Crippen molar-refractivity contribution in [3.63, 3.8) is 0 Å². The van der Waals surface area contributed by atoms with Crippen LogP contribution in [0.4, 0.5) is 0 Å². The summed E-state index contributed by atoms with van der Waals surface area (Å²) in [6, 6.07) is 0.603. The van der Waals surface area contributed by atoms with Gasteiger partial charge in [-0.25, -0.2) is 0 Å². The molecule has 7 heteroatoms. The molecular weight excluding hydrogens is 256 g/mol. The third kappa shape index (κ3) is 3.93. The van der Waals surface area contributed by atoms with Crippen LogP contribution in [0.5, 0.6) is 0 Å². The zero-order valence-electron chi connectivity index (χ0n) is 12.5. The van der Waals surface area contributed by atoms with E-state index in [1.54, 1.807) is 14.0 Å². The number of aromatic nitrogens is 2. The highest BCUT2D eigenvalue weighted by Crippen LogP contribution is 2.15. The molecule has 112 valence electrons. The molecule has 1 fully saturated rings. The Morgan fingerprint density at radius 3 is 3.00 bits per heavy atom. The first-order chi connectivity index (χ1) is 9.72. The number of guanidine groups is 1. The van der Waals surface area contributed by atoms with Crippen LogP contribution >= 0.6 is 0 Å². The second kappa shape index (κ2) is 7.23. The summed E-state index contributed by atoms with van der Waals surface area (Å²) in [5, 5.41) is 10.4. The molecule has 1 saturated heterocycles. The van der Waals surface area contributed by atoms with Gasteiger partial charge < -0.3 is 15.2 Å². The van der Waals surface area contributed by atoms with Crippen molar-refractivity contribution in [3.8, 4) is 0 Å². The van der Waals surface area contributed by atoms with Crippen LogP contribution < -0.4 is 10.6 Å². The molecule has 1 aromatic rings. The number of aryl methyl sites for hydroxylation is 1. The fourth-order valence-electron chi connectivity index (χ4n) is 2.55. The van der Waals surface area contributed by atoms with Crippen molar-refractivity contribution in [1.82, 2.24) is 25.7 Å². The van der Waals surface area contributed by atoms with E-state index in [4.69, 9.17) is 4.52 Å². The van der Waals surface area contributed by atoms with Crippen molar-refractivity contribution in [2.24, 2.45) is 4.99 Å². The van der Waals surface area contributed by atoms with E-state index in [2.05, 4.69) is 37.6 Å². The van der Waals surface area contributed by atoms with E-state index >= 15 is 0 Å². The molecule has 0 amide bonds. The molecule has 20 heavy (non-hydrogen) atoms. The van der Waals surface area contributed by atoms with Gasteiger partial charge in [0.25, 0.3) is 0 Å². The lowest BCUT2D eigenvalue weighted by Gasteiger charge is -2.23. The molecule has 1 aliphatic rings. The first-order valence-corrected chi connectivity index (χ1v) is 7.20. The number of hydrogen-bond donors (Lipinski definition) is 2. The molecule has 1 aliphatic heterocycles. The summed E-state index contributed by atoms with van der Waals surface area (Å²) < 4.78 is 4.93. The van der Waals surface area contributed by atoms with Crippen LogP contribution in [-0.2, 0) is 6.54 Å². The third-order valence-electron chi connectivity index (χ3n) is 3.62. The highest BCUT2D eigenvalue weighted by atomic mass is 16.5. The van der Waals surface area contributed by atoms with Gasteiger partial charge in [0.15, 0.2) is 11.8 Å². The SMILES string of the molecule is CCN1CCCC1CNC(=NC)NCc1noc(C)n1. The molecule has 1 atom stereocenters. The van der Waals surface area contributed by atoms with Crippen LogP contribution in [0.2, 0.25) is 0 Å². The maximum atomic E-state index is 4.93. The predicted molar refractivity (Wildman–Crippen MR) is 77.5 cm³/mol. The quantitative estimate of drug-likeness (QED) is 0.605. The molecule has 0 aliphatic carbocycles. The molecule has 2 heterocycles. The zero-order valence-corrected chi connectivity index (χ0v) is 12.5. The van der Waals surface area contributed by atoms with Crippen molar-refractivity contribution in [2.45, 2.75) is 39.3 Å². The van der Waals surface area contributed by atoms with Gasteiger partial charge in [0.2, 0.25) is 5.89 Å². The Morgan fingerprint density at radius 1 is 1.50 bits per heavy atom. The summed E-state index contributed by atoms with van der Waals surface area (Å²) in [5.74, 6) is 1.99. The average molecular weight is 280 g/mol. The number of nitrogens with one attached hydrogen (secondary N) is 2. The Morgan fingerprint density at radius 2 is 2.35 bits per heavy atom. The van der Waals surface area contributed by atoms with E-state index in [0.717, 1.165) is 19.0 Å². The largest absolute Gasteiger partial charge is 0.355 e. The third-order valence-corrected chi connectivity index (χ3v) is 3.62. The predicted octanol–water partition coefficient (Wildman–Crippen LogP) is 0.527. The molecule has 0 spiro atoms. The lowest BCUT2D eigenvalue weighted by Crippen LogP contribution is -2.44. The van der Waals surface area contributed by atoms with Crippen molar-refractivity contribution in [3.05, 3.63) is 11.7 Å². The number of hydrogen-bond acceptors (Lipinski definition) is 5. The van der Waals surface area contributed by atoms with Crippen LogP contribution in [0.25, 0.3) is 0 Å². The highest BCUT2D eigenvalue weighted by molar-refractivity contribution is 5.79. The summed E-state index contributed by atoms with van der Waals surface area (Å²) in [7, 11) is 1.77. The molecule has 2 rings (SSSR count). The van der Waals surface area contributed by atoms with Gasteiger partial charge in [-0.3, -0.25) is 9.89 Å². The average Bonchev–Trinajstić information content (AvgIpc) is 3.07. The fraction of sp³-hybridized carbons (Fsp3) is 0.769. The number of nitrogens with zero attached hydrogens (tertiary/aromatic N) is 4. The first kappa shape index (κ1) is 14.8. The van der Waals surface area contributed by atoms with Crippen LogP contribution in [-0.4, -0.2) is 53.7 Å². The molecule has 1 unspecified atom stereocenters. The second-order valence-electron chi connectivity index (χ2n) is 4.96. The van der Waals surface area contributed by atoms with Gasteiger partial charge in [-0.15, -0.1) is 0 Å². The maximum absolute atomic E-state index is 4.93. The molecule has 7 nitrogen and oxygen atoms in total. The molecule has 0 saturated carbocycles. The van der Waals surface area contributed by atoms with Crippen LogP contribution in [0.15, 0.2) is 9.52 Å². The van der Waals surface area contributed by atoms with Gasteiger partial charge in [-0.1, -0.05) is 12.1 Å². The van der Waals surface area contributed by atoms with Crippen molar-refractivity contribution >= 4 is 5.96 Å². The molecule has 1 aromatic heterocycles. The molecule has 2 N–H and O–H groups in total. The highest BCUT2D eigenvalue weighted by Gasteiger charge is 2.22. The minimum absolute atomic E-state index is 0.513. The maximum Gasteiger partial charge on any atom is 0.223 e. The number of likely N-dealkylation sites (tertiary alicyclic amines) is 1. The van der Waals surface area contributed by atoms with E-state index in [0.29, 0.717) is 24.3 Å². The summed E-state index contributed by atoms with van der Waals surface area (Å²) in [6.45, 7) is 7.74. The molecule has 0 bridgehead atoms. The molecule has 0 aromatic carbocycles. The van der Waals surface area contributed by atoms with E-state index in [1.807, 2.05) is 0 Å². The van der Waals surface area contributed by atoms with Gasteiger partial charge in [-0.2, -0.15) is 4.98 Å². The van der Waals surface area contributed by atoms with Gasteiger partial charge in [0.05, 0.1) is 6.54 Å². The Balaban J connectivity index is 1.75. The van der Waals surface area contributed by atoms with E-state index in [-0.39, 0.29) is 0 Å². The lowest BCUT2D eigenvalue weighted by atomic mass is 10.2. The zero-order chi connectivity index (χ0) is 14.4. The Labute approximate surface area is 119 Å². The standard InChI is InChI=1S/C13H24N6O/c1-4-19-7-5-6-11(19)8-15-13(14-3)16-9-12-17-10(2)20-18-12/h11H,4-9H2,1-3H3,(H2,14,15,16). The van der Waals surface area contributed by atoms with Gasteiger partial charge in [0, 0.05) is 26.6 Å². The lowest BCUT2D eigenvalue weighted by molar-refractivity contribution is 0.267. The minimum Gasteiger partial charge on any atom is -0.355 e. The number of aliphatic imine (C=N–C) groups is 1.